The van der Waals surface area contributed by atoms with E-state index in [1.807, 2.05) is 31.2 Å². The molecular formula is C15H15ClN2OS. The lowest BCUT2D eigenvalue weighted by atomic mass is 10.2. The summed E-state index contributed by atoms with van der Waals surface area (Å²) in [5, 5.41) is 3.33. The van der Waals surface area contributed by atoms with Crippen molar-refractivity contribution in [3.8, 4) is 0 Å². The highest BCUT2D eigenvalue weighted by atomic mass is 35.5. The number of hydrogen-bond acceptors (Lipinski definition) is 3. The lowest BCUT2D eigenvalue weighted by molar-refractivity contribution is -0.113. The average Bonchev–Trinajstić information content (AvgIpc) is 2.41. The first kappa shape index (κ1) is 14.8. The molecule has 104 valence electrons. The van der Waals surface area contributed by atoms with E-state index in [9.17, 15) is 4.79 Å². The number of anilines is 2. The Balaban J connectivity index is 1.90. The van der Waals surface area contributed by atoms with Gasteiger partial charge >= 0.3 is 0 Å². The Kier molecular flexibility index (Phi) is 4.93. The first-order valence-corrected chi connectivity index (χ1v) is 7.45. The summed E-state index contributed by atoms with van der Waals surface area (Å²) < 4.78 is 0. The van der Waals surface area contributed by atoms with Gasteiger partial charge in [0.2, 0.25) is 5.91 Å². The highest BCUT2D eigenvalue weighted by Crippen LogP contribution is 2.23. The highest BCUT2D eigenvalue weighted by Gasteiger charge is 2.06. The van der Waals surface area contributed by atoms with Crippen LogP contribution in [0.3, 0.4) is 0 Å². The van der Waals surface area contributed by atoms with Gasteiger partial charge in [0, 0.05) is 9.92 Å². The van der Waals surface area contributed by atoms with Gasteiger partial charge in [-0.3, -0.25) is 4.79 Å². The van der Waals surface area contributed by atoms with Gasteiger partial charge in [-0.2, -0.15) is 0 Å². The summed E-state index contributed by atoms with van der Waals surface area (Å²) in [6, 6.07) is 13.1. The minimum absolute atomic E-state index is 0.0930. The number of nitrogen functional groups attached to an aromatic ring is 1. The summed E-state index contributed by atoms with van der Waals surface area (Å²) in [7, 11) is 0. The Morgan fingerprint density at radius 1 is 1.25 bits per heavy atom. The van der Waals surface area contributed by atoms with Crippen LogP contribution >= 0.6 is 23.4 Å². The molecule has 20 heavy (non-hydrogen) atoms. The molecule has 0 aliphatic heterocycles. The van der Waals surface area contributed by atoms with Crippen LogP contribution in [0.4, 0.5) is 11.4 Å². The number of amides is 1. The monoisotopic (exact) mass is 306 g/mol. The minimum Gasteiger partial charge on any atom is -0.397 e. The molecular weight excluding hydrogens is 292 g/mol. The second kappa shape index (κ2) is 6.68. The Morgan fingerprint density at radius 3 is 2.60 bits per heavy atom. The second-order valence-corrected chi connectivity index (χ2v) is 5.87. The molecule has 0 bridgehead atoms. The van der Waals surface area contributed by atoms with E-state index in [2.05, 4.69) is 5.32 Å². The van der Waals surface area contributed by atoms with Gasteiger partial charge in [-0.15, -0.1) is 11.8 Å². The number of nitrogens with one attached hydrogen (secondary N) is 1. The van der Waals surface area contributed by atoms with Crippen molar-refractivity contribution >= 4 is 40.6 Å². The molecule has 0 heterocycles. The van der Waals surface area contributed by atoms with E-state index in [0.717, 1.165) is 4.90 Å². The molecule has 2 aromatic rings. The van der Waals surface area contributed by atoms with E-state index in [1.165, 1.54) is 17.3 Å². The standard InChI is InChI=1S/C15H15ClN2OS/c1-10-2-5-12(6-3-10)20-9-15(19)18-14-7-4-11(16)8-13(14)17/h2-8H,9,17H2,1H3,(H,18,19). The van der Waals surface area contributed by atoms with Gasteiger partial charge in [0.25, 0.3) is 0 Å². The van der Waals surface area contributed by atoms with Crippen LogP contribution in [0.5, 0.6) is 0 Å². The fourth-order valence-electron chi connectivity index (χ4n) is 1.62. The van der Waals surface area contributed by atoms with Gasteiger partial charge in [-0.05, 0) is 37.3 Å². The van der Waals surface area contributed by atoms with Crippen LogP contribution in [-0.2, 0) is 4.79 Å². The van der Waals surface area contributed by atoms with Crippen molar-refractivity contribution in [1.82, 2.24) is 0 Å². The van der Waals surface area contributed by atoms with Gasteiger partial charge in [0.05, 0.1) is 17.1 Å². The predicted octanol–water partition coefficient (Wildman–Crippen LogP) is 3.96. The third-order valence-electron chi connectivity index (χ3n) is 2.68. The molecule has 0 atom stereocenters. The zero-order valence-electron chi connectivity index (χ0n) is 11.0. The summed E-state index contributed by atoms with van der Waals surface area (Å²) in [5.41, 5.74) is 8.04. The SMILES string of the molecule is Cc1ccc(SCC(=O)Nc2ccc(Cl)cc2N)cc1. The molecule has 0 aromatic heterocycles. The largest absolute Gasteiger partial charge is 0.397 e. The van der Waals surface area contributed by atoms with Gasteiger partial charge < -0.3 is 11.1 Å². The maximum Gasteiger partial charge on any atom is 0.234 e. The smallest absolute Gasteiger partial charge is 0.234 e. The summed E-state index contributed by atoms with van der Waals surface area (Å²) in [6.45, 7) is 2.03. The molecule has 0 aliphatic carbocycles. The molecule has 1 amide bonds. The lowest BCUT2D eigenvalue weighted by Crippen LogP contribution is -2.15. The van der Waals surface area contributed by atoms with Crippen molar-refractivity contribution in [2.45, 2.75) is 11.8 Å². The predicted molar refractivity (Wildman–Crippen MR) is 86.4 cm³/mol. The molecule has 0 spiro atoms. The zero-order chi connectivity index (χ0) is 14.5. The van der Waals surface area contributed by atoms with Crippen molar-refractivity contribution in [3.05, 3.63) is 53.1 Å². The molecule has 0 unspecified atom stereocenters. The number of thioether (sulfide) groups is 1. The molecule has 0 saturated heterocycles. The molecule has 5 heteroatoms. The molecule has 0 fully saturated rings. The topological polar surface area (TPSA) is 55.1 Å². The number of benzene rings is 2. The van der Waals surface area contributed by atoms with E-state index in [0.29, 0.717) is 22.2 Å². The lowest BCUT2D eigenvalue weighted by Gasteiger charge is -2.08. The van der Waals surface area contributed by atoms with Crippen LogP contribution < -0.4 is 11.1 Å². The average molecular weight is 307 g/mol. The fraction of sp³-hybridized carbons (Fsp3) is 0.133. The number of hydrogen-bond donors (Lipinski definition) is 2. The third kappa shape index (κ3) is 4.18. The Morgan fingerprint density at radius 2 is 1.95 bits per heavy atom. The number of aryl methyl sites for hydroxylation is 1. The zero-order valence-corrected chi connectivity index (χ0v) is 12.6. The molecule has 0 aliphatic rings. The van der Waals surface area contributed by atoms with Crippen LogP contribution in [0.15, 0.2) is 47.4 Å². The third-order valence-corrected chi connectivity index (χ3v) is 3.93. The summed E-state index contributed by atoms with van der Waals surface area (Å²) in [6.07, 6.45) is 0. The summed E-state index contributed by atoms with van der Waals surface area (Å²) >= 11 is 7.30. The minimum atomic E-state index is -0.0930. The Labute approximate surface area is 127 Å². The van der Waals surface area contributed by atoms with E-state index in [-0.39, 0.29) is 5.91 Å². The van der Waals surface area contributed by atoms with Crippen LogP contribution in [0.2, 0.25) is 5.02 Å². The van der Waals surface area contributed by atoms with Crippen molar-refractivity contribution in [2.24, 2.45) is 0 Å². The van der Waals surface area contributed by atoms with Crippen molar-refractivity contribution in [1.29, 1.82) is 0 Å². The Hall–Kier alpha value is -1.65. The van der Waals surface area contributed by atoms with Gasteiger partial charge in [-0.1, -0.05) is 29.3 Å². The van der Waals surface area contributed by atoms with E-state index < -0.39 is 0 Å². The number of carbonyl (C=O) groups excluding carboxylic acids is 1. The maximum atomic E-state index is 11.9. The van der Waals surface area contributed by atoms with Gasteiger partial charge in [-0.25, -0.2) is 0 Å². The van der Waals surface area contributed by atoms with Crippen LogP contribution in [-0.4, -0.2) is 11.7 Å². The first-order chi connectivity index (χ1) is 9.54. The summed E-state index contributed by atoms with van der Waals surface area (Å²) in [4.78, 5) is 12.9. The summed E-state index contributed by atoms with van der Waals surface area (Å²) in [5.74, 6) is 0.245. The highest BCUT2D eigenvalue weighted by molar-refractivity contribution is 8.00. The van der Waals surface area contributed by atoms with Crippen LogP contribution in [0.25, 0.3) is 0 Å². The number of carbonyl (C=O) groups is 1. The number of rotatable bonds is 4. The number of nitrogens with two attached hydrogens (primary N) is 1. The second-order valence-electron chi connectivity index (χ2n) is 4.38. The quantitative estimate of drug-likeness (QED) is 0.664. The van der Waals surface area contributed by atoms with Gasteiger partial charge in [0.15, 0.2) is 0 Å². The van der Waals surface area contributed by atoms with E-state index in [1.54, 1.807) is 18.2 Å². The first-order valence-electron chi connectivity index (χ1n) is 6.09. The van der Waals surface area contributed by atoms with Gasteiger partial charge in [0.1, 0.15) is 0 Å². The molecule has 0 radical (unpaired) electrons. The van der Waals surface area contributed by atoms with Crippen LogP contribution in [0.1, 0.15) is 5.56 Å². The van der Waals surface area contributed by atoms with Crippen LogP contribution in [0, 0.1) is 6.92 Å². The molecule has 3 nitrogen and oxygen atoms in total. The molecule has 0 saturated carbocycles. The van der Waals surface area contributed by atoms with E-state index >= 15 is 0 Å². The fourth-order valence-corrected chi connectivity index (χ4v) is 2.50. The molecule has 2 aromatic carbocycles. The van der Waals surface area contributed by atoms with Crippen molar-refractivity contribution in [3.63, 3.8) is 0 Å². The normalized spacial score (nSPS) is 10.3. The molecule has 3 N–H and O–H groups in total. The molecule has 2 rings (SSSR count). The number of halogens is 1. The van der Waals surface area contributed by atoms with Crippen molar-refractivity contribution < 1.29 is 4.79 Å². The Bertz CT molecular complexity index is 614. The van der Waals surface area contributed by atoms with Crippen molar-refractivity contribution in [2.75, 3.05) is 16.8 Å². The van der Waals surface area contributed by atoms with E-state index in [4.69, 9.17) is 17.3 Å². The maximum absolute atomic E-state index is 11.9.